The number of aliphatic hydroxyl groups excluding tert-OH is 1. The first-order valence-electron chi connectivity index (χ1n) is 4.48. The number of hydrogen-bond donors (Lipinski definition) is 1. The molecule has 2 heterocycles. The summed E-state index contributed by atoms with van der Waals surface area (Å²) in [5.41, 5.74) is 2.41. The predicted octanol–water partition coefficient (Wildman–Crippen LogP) is 1.83. The molecule has 0 aliphatic carbocycles. The Morgan fingerprint density at radius 3 is 2.87 bits per heavy atom. The Balaban J connectivity index is 2.52. The number of rotatable bonds is 2. The van der Waals surface area contributed by atoms with Crippen molar-refractivity contribution in [1.29, 1.82) is 0 Å². The van der Waals surface area contributed by atoms with Crippen molar-refractivity contribution in [3.8, 4) is 5.69 Å². The number of pyridine rings is 1. The summed E-state index contributed by atoms with van der Waals surface area (Å²) in [6, 6.07) is 3.73. The van der Waals surface area contributed by atoms with Crippen LogP contribution < -0.4 is 0 Å². The Kier molecular flexibility index (Phi) is 2.83. The van der Waals surface area contributed by atoms with Crippen molar-refractivity contribution in [2.24, 2.45) is 0 Å². The zero-order chi connectivity index (χ0) is 10.8. The van der Waals surface area contributed by atoms with E-state index in [4.69, 9.17) is 0 Å². The molecule has 0 fully saturated rings. The molecular weight excluding hydrogens is 258 g/mol. The second-order valence-electron chi connectivity index (χ2n) is 3.18. The number of aliphatic hydroxyl groups is 1. The van der Waals surface area contributed by atoms with Crippen LogP contribution in [0.3, 0.4) is 0 Å². The number of aryl methyl sites for hydroxylation is 1. The number of halogens is 1. The van der Waals surface area contributed by atoms with Crippen molar-refractivity contribution in [3.05, 3.63) is 40.6 Å². The molecule has 0 amide bonds. The second-order valence-corrected chi connectivity index (χ2v) is 3.99. The minimum Gasteiger partial charge on any atom is -0.390 e. The first-order chi connectivity index (χ1) is 7.20. The van der Waals surface area contributed by atoms with Gasteiger partial charge in [-0.3, -0.25) is 0 Å². The van der Waals surface area contributed by atoms with Crippen LogP contribution in [0, 0.1) is 6.92 Å². The van der Waals surface area contributed by atoms with E-state index < -0.39 is 0 Å². The normalized spacial score (nSPS) is 10.6. The van der Waals surface area contributed by atoms with Gasteiger partial charge in [-0.2, -0.15) is 0 Å². The maximum atomic E-state index is 9.19. The monoisotopic (exact) mass is 267 g/mol. The van der Waals surface area contributed by atoms with Crippen molar-refractivity contribution in [2.75, 3.05) is 0 Å². The van der Waals surface area contributed by atoms with Crippen molar-refractivity contribution in [3.63, 3.8) is 0 Å². The maximum absolute atomic E-state index is 9.19. The van der Waals surface area contributed by atoms with E-state index >= 15 is 0 Å². The van der Waals surface area contributed by atoms with Gasteiger partial charge in [-0.1, -0.05) is 0 Å². The summed E-state index contributed by atoms with van der Waals surface area (Å²) >= 11 is 3.27. The summed E-state index contributed by atoms with van der Waals surface area (Å²) in [5, 5.41) is 9.19. The molecule has 78 valence electrons. The van der Waals surface area contributed by atoms with Gasteiger partial charge in [0, 0.05) is 6.20 Å². The van der Waals surface area contributed by atoms with Crippen LogP contribution in [0.1, 0.15) is 11.4 Å². The van der Waals surface area contributed by atoms with Gasteiger partial charge >= 0.3 is 0 Å². The van der Waals surface area contributed by atoms with E-state index in [0.717, 1.165) is 11.4 Å². The lowest BCUT2D eigenvalue weighted by molar-refractivity contribution is 0.276. The highest BCUT2D eigenvalue weighted by molar-refractivity contribution is 9.10. The molecule has 0 aliphatic rings. The quantitative estimate of drug-likeness (QED) is 0.845. The van der Waals surface area contributed by atoms with Gasteiger partial charge in [-0.25, -0.2) is 9.97 Å². The number of nitrogens with zero attached hydrogens (tertiary/aromatic N) is 3. The van der Waals surface area contributed by atoms with E-state index in [0.29, 0.717) is 10.3 Å². The van der Waals surface area contributed by atoms with Crippen molar-refractivity contribution in [2.45, 2.75) is 13.5 Å². The van der Waals surface area contributed by atoms with Crippen LogP contribution in [0.15, 0.2) is 29.3 Å². The molecule has 1 N–H and O–H groups in total. The van der Waals surface area contributed by atoms with Crippen LogP contribution in [0.2, 0.25) is 0 Å². The molecule has 2 aromatic heterocycles. The lowest BCUT2D eigenvalue weighted by Crippen LogP contribution is -2.00. The lowest BCUT2D eigenvalue weighted by atomic mass is 10.3. The Bertz CT molecular complexity index is 481. The smallest absolute Gasteiger partial charge is 0.106 e. The molecule has 0 aromatic carbocycles. The summed E-state index contributed by atoms with van der Waals surface area (Å²) < 4.78 is 2.56. The van der Waals surface area contributed by atoms with Gasteiger partial charge in [0.1, 0.15) is 4.60 Å². The van der Waals surface area contributed by atoms with Gasteiger partial charge in [0.15, 0.2) is 0 Å². The third kappa shape index (κ3) is 2.08. The molecule has 0 saturated carbocycles. The van der Waals surface area contributed by atoms with E-state index in [-0.39, 0.29) is 6.61 Å². The third-order valence-corrected chi connectivity index (χ3v) is 2.50. The highest BCUT2D eigenvalue weighted by atomic mass is 79.9. The van der Waals surface area contributed by atoms with Crippen LogP contribution in [-0.4, -0.2) is 19.6 Å². The number of hydrogen-bond acceptors (Lipinski definition) is 3. The number of imidazole rings is 1. The molecule has 4 nitrogen and oxygen atoms in total. The predicted molar refractivity (Wildman–Crippen MR) is 59.7 cm³/mol. The minimum absolute atomic E-state index is 0.0913. The van der Waals surface area contributed by atoms with Crippen molar-refractivity contribution >= 4 is 15.9 Å². The van der Waals surface area contributed by atoms with Gasteiger partial charge in [0.2, 0.25) is 0 Å². The van der Waals surface area contributed by atoms with E-state index in [1.807, 2.05) is 29.8 Å². The maximum Gasteiger partial charge on any atom is 0.106 e. The van der Waals surface area contributed by atoms with Gasteiger partial charge in [0.05, 0.1) is 30.0 Å². The number of aromatic nitrogens is 3. The van der Waals surface area contributed by atoms with Crippen LogP contribution in [0.25, 0.3) is 5.69 Å². The molecule has 5 heteroatoms. The molecule has 0 spiro atoms. The average Bonchev–Trinajstić information content (AvgIpc) is 2.64. The van der Waals surface area contributed by atoms with Crippen LogP contribution in [-0.2, 0) is 6.61 Å². The molecule has 0 saturated heterocycles. The zero-order valence-electron chi connectivity index (χ0n) is 8.18. The summed E-state index contributed by atoms with van der Waals surface area (Å²) in [6.45, 7) is 1.83. The van der Waals surface area contributed by atoms with Crippen LogP contribution in [0.4, 0.5) is 0 Å². The van der Waals surface area contributed by atoms with E-state index in [9.17, 15) is 5.11 Å². The third-order valence-electron chi connectivity index (χ3n) is 2.06. The molecule has 0 radical (unpaired) electrons. The van der Waals surface area contributed by atoms with Crippen molar-refractivity contribution in [1.82, 2.24) is 14.5 Å². The van der Waals surface area contributed by atoms with E-state index in [1.165, 1.54) is 0 Å². The van der Waals surface area contributed by atoms with Gasteiger partial charge in [-0.15, -0.1) is 0 Å². The van der Waals surface area contributed by atoms with Crippen LogP contribution in [0.5, 0.6) is 0 Å². The van der Waals surface area contributed by atoms with E-state index in [1.54, 1.807) is 6.33 Å². The molecule has 0 aliphatic heterocycles. The molecule has 0 bridgehead atoms. The fraction of sp³-hybridized carbons (Fsp3) is 0.200. The summed E-state index contributed by atoms with van der Waals surface area (Å²) in [7, 11) is 0. The second kappa shape index (κ2) is 4.12. The van der Waals surface area contributed by atoms with Gasteiger partial charge < -0.3 is 9.67 Å². The molecule has 15 heavy (non-hydrogen) atoms. The Labute approximate surface area is 95.7 Å². The SMILES string of the molecule is Cc1cn(-c2ccc(Br)nc2CO)cn1. The topological polar surface area (TPSA) is 50.9 Å². The Morgan fingerprint density at radius 1 is 1.47 bits per heavy atom. The van der Waals surface area contributed by atoms with Crippen molar-refractivity contribution < 1.29 is 5.11 Å². The largest absolute Gasteiger partial charge is 0.390 e. The van der Waals surface area contributed by atoms with Gasteiger partial charge in [0.25, 0.3) is 0 Å². The first kappa shape index (κ1) is 10.3. The Morgan fingerprint density at radius 2 is 2.27 bits per heavy atom. The van der Waals surface area contributed by atoms with Crippen LogP contribution >= 0.6 is 15.9 Å². The molecule has 2 aromatic rings. The zero-order valence-corrected chi connectivity index (χ0v) is 9.77. The summed E-state index contributed by atoms with van der Waals surface area (Å²) in [4.78, 5) is 8.33. The summed E-state index contributed by atoms with van der Waals surface area (Å²) in [6.07, 6.45) is 3.60. The minimum atomic E-state index is -0.0913. The highest BCUT2D eigenvalue weighted by Crippen LogP contribution is 2.16. The lowest BCUT2D eigenvalue weighted by Gasteiger charge is -2.07. The van der Waals surface area contributed by atoms with E-state index in [2.05, 4.69) is 25.9 Å². The fourth-order valence-electron chi connectivity index (χ4n) is 1.37. The Hall–Kier alpha value is -1.20. The fourth-order valence-corrected chi connectivity index (χ4v) is 1.72. The van der Waals surface area contributed by atoms with Gasteiger partial charge in [-0.05, 0) is 35.0 Å². The molecule has 0 unspecified atom stereocenters. The summed E-state index contributed by atoms with van der Waals surface area (Å²) in [5.74, 6) is 0. The first-order valence-corrected chi connectivity index (χ1v) is 5.27. The standard InChI is InChI=1S/C10H10BrN3O/c1-7-4-14(6-12-7)9-2-3-10(11)13-8(9)5-15/h2-4,6,15H,5H2,1H3. The molecule has 2 rings (SSSR count). The molecule has 0 atom stereocenters. The average molecular weight is 268 g/mol. The molecular formula is C10H10BrN3O. The highest BCUT2D eigenvalue weighted by Gasteiger charge is 2.06.